The summed E-state index contributed by atoms with van der Waals surface area (Å²) in [5.41, 5.74) is 2.34. The number of ether oxygens (including phenoxy) is 2. The van der Waals surface area contributed by atoms with Crippen LogP contribution in [0.4, 0.5) is 5.69 Å². The molecule has 6 rings (SSSR count). The second-order valence-corrected chi connectivity index (χ2v) is 11.0. The van der Waals surface area contributed by atoms with Gasteiger partial charge in [-0.15, -0.1) is 11.3 Å². The summed E-state index contributed by atoms with van der Waals surface area (Å²) in [7, 11) is 1.86. The maximum atomic E-state index is 13.6. The van der Waals surface area contributed by atoms with E-state index < -0.39 is 0 Å². The van der Waals surface area contributed by atoms with E-state index in [1.54, 1.807) is 29.5 Å². The molecule has 3 aromatic rings. The van der Waals surface area contributed by atoms with Gasteiger partial charge in [-0.25, -0.2) is 0 Å². The molecule has 196 valence electrons. The predicted molar refractivity (Wildman–Crippen MR) is 144 cm³/mol. The van der Waals surface area contributed by atoms with Crippen LogP contribution in [0.25, 0.3) is 0 Å². The number of hydrogen-bond acceptors (Lipinski definition) is 7. The number of nitrogens with zero attached hydrogens (tertiary/aromatic N) is 3. The number of rotatable bonds is 6. The molecule has 0 saturated carbocycles. The first-order valence-corrected chi connectivity index (χ1v) is 13.7. The Morgan fingerprint density at radius 1 is 1.11 bits per heavy atom. The molecule has 8 nitrogen and oxygen atoms in total. The van der Waals surface area contributed by atoms with Gasteiger partial charge in [-0.3, -0.25) is 19.3 Å². The number of amides is 3. The van der Waals surface area contributed by atoms with Crippen LogP contribution in [0.15, 0.2) is 53.9 Å². The first kappa shape index (κ1) is 24.5. The number of fused-ring (bicyclic) bond motifs is 2. The maximum Gasteiger partial charge on any atom is 0.263 e. The van der Waals surface area contributed by atoms with Crippen LogP contribution >= 0.6 is 11.3 Å². The van der Waals surface area contributed by atoms with Gasteiger partial charge in [0.15, 0.2) is 11.5 Å². The molecule has 2 aromatic carbocycles. The summed E-state index contributed by atoms with van der Waals surface area (Å²) in [5, 5.41) is 2.02. The van der Waals surface area contributed by atoms with E-state index in [1.165, 1.54) is 4.90 Å². The molecular weight excluding hydrogens is 502 g/mol. The van der Waals surface area contributed by atoms with E-state index in [-0.39, 0.29) is 43.0 Å². The summed E-state index contributed by atoms with van der Waals surface area (Å²) in [6.45, 7) is 3.61. The second-order valence-electron chi connectivity index (χ2n) is 10.0. The Morgan fingerprint density at radius 2 is 1.95 bits per heavy atom. The molecule has 3 amide bonds. The lowest BCUT2D eigenvalue weighted by molar-refractivity contribution is -0.136. The number of carbonyl (C=O) groups is 3. The van der Waals surface area contributed by atoms with Crippen molar-refractivity contribution in [2.24, 2.45) is 5.92 Å². The molecule has 3 aliphatic rings. The molecule has 0 bridgehead atoms. The van der Waals surface area contributed by atoms with Gasteiger partial charge in [0.2, 0.25) is 12.7 Å². The Hall–Kier alpha value is -3.85. The number of anilines is 1. The smallest absolute Gasteiger partial charge is 0.263 e. The van der Waals surface area contributed by atoms with Gasteiger partial charge in [0.1, 0.15) is 0 Å². The molecule has 38 heavy (non-hydrogen) atoms. The van der Waals surface area contributed by atoms with E-state index in [0.29, 0.717) is 29.2 Å². The lowest BCUT2D eigenvalue weighted by Crippen LogP contribution is -2.44. The highest BCUT2D eigenvalue weighted by Crippen LogP contribution is 2.37. The van der Waals surface area contributed by atoms with Crippen molar-refractivity contribution in [3.05, 3.63) is 75.5 Å². The molecule has 3 aliphatic heterocycles. The molecule has 0 aliphatic carbocycles. The van der Waals surface area contributed by atoms with E-state index >= 15 is 0 Å². The lowest BCUT2D eigenvalue weighted by Gasteiger charge is -2.37. The zero-order valence-electron chi connectivity index (χ0n) is 21.4. The van der Waals surface area contributed by atoms with Gasteiger partial charge in [0, 0.05) is 25.0 Å². The van der Waals surface area contributed by atoms with E-state index in [1.807, 2.05) is 48.5 Å². The quantitative estimate of drug-likeness (QED) is 0.429. The van der Waals surface area contributed by atoms with Crippen LogP contribution in [-0.4, -0.2) is 54.5 Å². The van der Waals surface area contributed by atoms with Crippen LogP contribution in [0.5, 0.6) is 11.5 Å². The fourth-order valence-electron chi connectivity index (χ4n) is 5.54. The van der Waals surface area contributed by atoms with Crippen LogP contribution in [0.3, 0.4) is 0 Å². The van der Waals surface area contributed by atoms with Crippen molar-refractivity contribution in [3.8, 4) is 11.5 Å². The van der Waals surface area contributed by atoms with Crippen molar-refractivity contribution in [2.45, 2.75) is 32.4 Å². The number of benzene rings is 2. The number of hydrogen-bond donors (Lipinski definition) is 0. The summed E-state index contributed by atoms with van der Waals surface area (Å²) < 4.78 is 10.8. The third kappa shape index (κ3) is 4.20. The van der Waals surface area contributed by atoms with Crippen molar-refractivity contribution in [3.63, 3.8) is 0 Å². The number of imide groups is 1. The molecule has 0 radical (unpaired) electrons. The first-order chi connectivity index (χ1) is 18.4. The Kier molecular flexibility index (Phi) is 6.31. The van der Waals surface area contributed by atoms with E-state index in [2.05, 4.69) is 11.0 Å². The summed E-state index contributed by atoms with van der Waals surface area (Å²) >= 11 is 1.65. The molecule has 4 heterocycles. The van der Waals surface area contributed by atoms with Gasteiger partial charge < -0.3 is 19.3 Å². The Morgan fingerprint density at radius 3 is 2.76 bits per heavy atom. The molecule has 2 atom stereocenters. The second kappa shape index (κ2) is 9.79. The van der Waals surface area contributed by atoms with Gasteiger partial charge >= 0.3 is 0 Å². The molecule has 1 fully saturated rings. The van der Waals surface area contributed by atoms with Gasteiger partial charge in [0.05, 0.1) is 35.3 Å². The molecular formula is C29H29N3O5S. The number of piperidine rings is 1. The standard InChI is InChI=1S/C29H29N3O5S/c1-18(25-9-5-13-38-25)30(2)27(33)20-6-4-12-31(16-20)22-8-3-7-21-26(22)29(35)32(28(21)34)15-19-10-11-23-24(14-19)37-17-36-23/h3,5,7-11,13-14,18,20H,4,6,12,15-17H2,1-2H3. The average Bonchev–Trinajstić information content (AvgIpc) is 3.70. The highest BCUT2D eigenvalue weighted by Gasteiger charge is 2.40. The van der Waals surface area contributed by atoms with Gasteiger partial charge in [-0.05, 0) is 61.0 Å². The molecule has 1 aromatic heterocycles. The van der Waals surface area contributed by atoms with Gasteiger partial charge in [0.25, 0.3) is 11.8 Å². The highest BCUT2D eigenvalue weighted by molar-refractivity contribution is 7.10. The summed E-state index contributed by atoms with van der Waals surface area (Å²) in [4.78, 5) is 46.7. The average molecular weight is 532 g/mol. The van der Waals surface area contributed by atoms with Crippen molar-refractivity contribution in [2.75, 3.05) is 31.8 Å². The highest BCUT2D eigenvalue weighted by atomic mass is 32.1. The zero-order valence-corrected chi connectivity index (χ0v) is 22.2. The van der Waals surface area contributed by atoms with Crippen molar-refractivity contribution >= 4 is 34.7 Å². The third-order valence-electron chi connectivity index (χ3n) is 7.75. The minimum atomic E-state index is -0.310. The Bertz CT molecular complexity index is 1410. The Balaban J connectivity index is 1.21. The Labute approximate surface area is 225 Å². The topological polar surface area (TPSA) is 79.4 Å². The minimum Gasteiger partial charge on any atom is -0.454 e. The zero-order chi connectivity index (χ0) is 26.4. The molecule has 2 unspecified atom stereocenters. The summed E-state index contributed by atoms with van der Waals surface area (Å²) in [6, 6.07) is 14.9. The lowest BCUT2D eigenvalue weighted by atomic mass is 9.94. The molecule has 9 heteroatoms. The van der Waals surface area contributed by atoms with Crippen molar-refractivity contribution in [1.29, 1.82) is 0 Å². The van der Waals surface area contributed by atoms with Crippen molar-refractivity contribution < 1.29 is 23.9 Å². The van der Waals surface area contributed by atoms with Crippen LogP contribution in [0, 0.1) is 5.92 Å². The maximum absolute atomic E-state index is 13.6. The molecule has 0 N–H and O–H groups in total. The molecule has 0 spiro atoms. The first-order valence-electron chi connectivity index (χ1n) is 12.8. The number of thiophene rings is 1. The molecule has 1 saturated heterocycles. The van der Waals surface area contributed by atoms with E-state index in [9.17, 15) is 14.4 Å². The van der Waals surface area contributed by atoms with Crippen LogP contribution in [0.2, 0.25) is 0 Å². The van der Waals surface area contributed by atoms with Gasteiger partial charge in [-0.1, -0.05) is 18.2 Å². The van der Waals surface area contributed by atoms with Crippen LogP contribution in [-0.2, 0) is 11.3 Å². The number of carbonyl (C=O) groups excluding carboxylic acids is 3. The fraction of sp³-hybridized carbons (Fsp3) is 0.345. The largest absolute Gasteiger partial charge is 0.454 e. The monoisotopic (exact) mass is 531 g/mol. The summed E-state index contributed by atoms with van der Waals surface area (Å²) in [5.74, 6) is 0.581. The normalized spacial score (nSPS) is 19.1. The van der Waals surface area contributed by atoms with Crippen LogP contribution < -0.4 is 14.4 Å². The van der Waals surface area contributed by atoms with Gasteiger partial charge in [-0.2, -0.15) is 0 Å². The third-order valence-corrected chi connectivity index (χ3v) is 8.79. The fourth-order valence-corrected chi connectivity index (χ4v) is 6.37. The van der Waals surface area contributed by atoms with Crippen molar-refractivity contribution in [1.82, 2.24) is 9.80 Å². The summed E-state index contributed by atoms with van der Waals surface area (Å²) in [6.07, 6.45) is 1.64. The SMILES string of the molecule is CC(c1cccs1)N(C)C(=O)C1CCCN(c2cccc3c2C(=O)N(Cc2ccc4c(c2)OCO4)C3=O)C1. The van der Waals surface area contributed by atoms with E-state index in [4.69, 9.17) is 9.47 Å². The predicted octanol–water partition coefficient (Wildman–Crippen LogP) is 4.71. The van der Waals surface area contributed by atoms with E-state index in [0.717, 1.165) is 35.5 Å². The van der Waals surface area contributed by atoms with Crippen LogP contribution in [0.1, 0.15) is 57.0 Å². The minimum absolute atomic E-state index is 0.00258.